The molecule has 0 aliphatic heterocycles. The van der Waals surface area contributed by atoms with Crippen LogP contribution in [-0.2, 0) is 17.5 Å². The summed E-state index contributed by atoms with van der Waals surface area (Å²) in [5, 5.41) is 6.82. The molecule has 0 aliphatic carbocycles. The Morgan fingerprint density at radius 3 is 2.59 bits per heavy atom. The van der Waals surface area contributed by atoms with E-state index in [0.29, 0.717) is 12.3 Å². The number of nitrogens with one attached hydrogen (secondary N) is 1. The fraction of sp³-hybridized carbons (Fsp3) is 0.200. The first-order valence-corrected chi connectivity index (χ1v) is 8.52. The van der Waals surface area contributed by atoms with Crippen LogP contribution < -0.4 is 10.1 Å². The number of carbonyl (C=O) groups excluding carboxylic acids is 1. The number of aromatic nitrogens is 2. The van der Waals surface area contributed by atoms with Gasteiger partial charge in [-0.25, -0.2) is 4.68 Å². The highest BCUT2D eigenvalue weighted by Gasteiger charge is 2.30. The minimum absolute atomic E-state index is 0.0537. The van der Waals surface area contributed by atoms with E-state index in [2.05, 4.69) is 10.4 Å². The minimum atomic E-state index is -4.49. The van der Waals surface area contributed by atoms with Gasteiger partial charge in [-0.2, -0.15) is 18.3 Å². The van der Waals surface area contributed by atoms with Crippen molar-refractivity contribution in [3.63, 3.8) is 0 Å². The number of benzene rings is 2. The summed E-state index contributed by atoms with van der Waals surface area (Å²) in [5.41, 5.74) is 0.679. The van der Waals surface area contributed by atoms with E-state index in [4.69, 9.17) is 9.47 Å². The molecule has 9 heteroatoms. The molecule has 0 spiro atoms. The molecule has 0 saturated heterocycles. The Morgan fingerprint density at radius 1 is 1.14 bits per heavy atom. The maximum Gasteiger partial charge on any atom is 0.416 e. The molecule has 0 radical (unpaired) electrons. The molecule has 0 saturated carbocycles. The van der Waals surface area contributed by atoms with Crippen molar-refractivity contribution in [1.29, 1.82) is 0 Å². The maximum atomic E-state index is 13.0. The number of methoxy groups -OCH3 is 2. The number of nitrogens with zero attached hydrogens (tertiary/aromatic N) is 2. The van der Waals surface area contributed by atoms with Gasteiger partial charge in [-0.05, 0) is 35.9 Å². The van der Waals surface area contributed by atoms with Crippen molar-refractivity contribution in [2.75, 3.05) is 19.5 Å². The number of rotatable bonds is 6. The number of hydrogen-bond acceptors (Lipinski definition) is 4. The molecule has 152 valence electrons. The van der Waals surface area contributed by atoms with E-state index in [1.54, 1.807) is 25.3 Å². The predicted octanol–water partition coefficient (Wildman–Crippen LogP) is 4.30. The highest BCUT2D eigenvalue weighted by Crippen LogP contribution is 2.31. The Morgan fingerprint density at radius 2 is 1.90 bits per heavy atom. The van der Waals surface area contributed by atoms with Crippen molar-refractivity contribution in [2.24, 2.45) is 0 Å². The lowest BCUT2D eigenvalue weighted by molar-refractivity contribution is -0.137. The monoisotopic (exact) mass is 405 g/mol. The van der Waals surface area contributed by atoms with Gasteiger partial charge in [0.05, 0.1) is 31.2 Å². The molecule has 3 rings (SSSR count). The zero-order chi connectivity index (χ0) is 21.0. The van der Waals surface area contributed by atoms with Crippen molar-refractivity contribution in [2.45, 2.75) is 12.8 Å². The number of anilines is 1. The topological polar surface area (TPSA) is 65.4 Å². The second kappa shape index (κ2) is 8.36. The molecule has 0 bridgehead atoms. The summed E-state index contributed by atoms with van der Waals surface area (Å²) in [4.78, 5) is 12.7. The highest BCUT2D eigenvalue weighted by atomic mass is 19.4. The average molecular weight is 405 g/mol. The molecule has 0 fully saturated rings. The van der Waals surface area contributed by atoms with E-state index in [1.807, 2.05) is 6.07 Å². The van der Waals surface area contributed by atoms with Gasteiger partial charge < -0.3 is 14.8 Å². The summed E-state index contributed by atoms with van der Waals surface area (Å²) >= 11 is 0. The summed E-state index contributed by atoms with van der Waals surface area (Å²) < 4.78 is 50.3. The molecule has 29 heavy (non-hydrogen) atoms. The predicted molar refractivity (Wildman–Crippen MR) is 100 cm³/mol. The summed E-state index contributed by atoms with van der Waals surface area (Å²) in [6.07, 6.45) is -3.13. The van der Waals surface area contributed by atoms with E-state index in [0.717, 1.165) is 17.7 Å². The Bertz CT molecular complexity index is 1020. The van der Waals surface area contributed by atoms with Gasteiger partial charge in [0.15, 0.2) is 11.4 Å². The lowest BCUT2D eigenvalue weighted by atomic mass is 10.2. The van der Waals surface area contributed by atoms with Gasteiger partial charge in [0.1, 0.15) is 0 Å². The van der Waals surface area contributed by atoms with Crippen LogP contribution in [0.5, 0.6) is 5.75 Å². The Hall–Kier alpha value is -3.33. The first-order chi connectivity index (χ1) is 13.8. The fourth-order valence-electron chi connectivity index (χ4n) is 2.72. The smallest absolute Gasteiger partial charge is 0.416 e. The second-order valence-corrected chi connectivity index (χ2v) is 6.13. The summed E-state index contributed by atoms with van der Waals surface area (Å²) in [7, 11) is 2.92. The maximum absolute atomic E-state index is 13.0. The quantitative estimate of drug-likeness (QED) is 0.664. The van der Waals surface area contributed by atoms with Crippen LogP contribution in [0, 0.1) is 0 Å². The van der Waals surface area contributed by atoms with Crippen LogP contribution in [0.25, 0.3) is 5.69 Å². The zero-order valence-corrected chi connectivity index (χ0v) is 15.7. The molecule has 1 aromatic heterocycles. The number of amides is 1. The fourth-order valence-corrected chi connectivity index (χ4v) is 2.72. The van der Waals surface area contributed by atoms with Crippen LogP contribution in [0.15, 0.2) is 54.7 Å². The molecule has 1 heterocycles. The van der Waals surface area contributed by atoms with Crippen molar-refractivity contribution < 1.29 is 27.4 Å². The molecule has 0 atom stereocenters. The van der Waals surface area contributed by atoms with Crippen LogP contribution in [0.3, 0.4) is 0 Å². The summed E-state index contributed by atoms with van der Waals surface area (Å²) in [5.74, 6) is -0.421. The number of alkyl halides is 3. The van der Waals surface area contributed by atoms with Gasteiger partial charge in [0.2, 0.25) is 0 Å². The second-order valence-electron chi connectivity index (χ2n) is 6.13. The van der Waals surface area contributed by atoms with Gasteiger partial charge in [-0.3, -0.25) is 4.79 Å². The first-order valence-electron chi connectivity index (χ1n) is 8.52. The number of carbonyl (C=O) groups is 1. The first kappa shape index (κ1) is 20.4. The molecule has 0 aliphatic rings. The van der Waals surface area contributed by atoms with Gasteiger partial charge >= 0.3 is 6.18 Å². The number of halogens is 3. The van der Waals surface area contributed by atoms with Crippen LogP contribution in [0.1, 0.15) is 21.6 Å². The van der Waals surface area contributed by atoms with E-state index in [1.165, 1.54) is 30.1 Å². The Kier molecular flexibility index (Phi) is 5.88. The molecule has 1 N–H and O–H groups in total. The lowest BCUT2D eigenvalue weighted by Gasteiger charge is -2.08. The Balaban J connectivity index is 1.88. The van der Waals surface area contributed by atoms with Crippen LogP contribution in [-0.4, -0.2) is 29.9 Å². The number of ether oxygens (including phenoxy) is 2. The largest absolute Gasteiger partial charge is 0.493 e. The van der Waals surface area contributed by atoms with Crippen molar-refractivity contribution >= 4 is 11.6 Å². The minimum Gasteiger partial charge on any atom is -0.493 e. The van der Waals surface area contributed by atoms with Gasteiger partial charge in [0, 0.05) is 12.8 Å². The SMILES string of the molecule is COCc1cccc(NC(=O)c2nn(-c3cccc(C(F)(F)F)c3)cc2OC)c1. The van der Waals surface area contributed by atoms with E-state index < -0.39 is 17.6 Å². The molecule has 0 unspecified atom stereocenters. The van der Waals surface area contributed by atoms with Crippen molar-refractivity contribution in [1.82, 2.24) is 9.78 Å². The van der Waals surface area contributed by atoms with Crippen LogP contribution in [0.2, 0.25) is 0 Å². The summed E-state index contributed by atoms with van der Waals surface area (Å²) in [6.45, 7) is 0.386. The third-order valence-corrected chi connectivity index (χ3v) is 4.05. The summed E-state index contributed by atoms with van der Waals surface area (Å²) in [6, 6.07) is 11.7. The van der Waals surface area contributed by atoms with E-state index in [9.17, 15) is 18.0 Å². The normalized spacial score (nSPS) is 11.3. The van der Waals surface area contributed by atoms with Gasteiger partial charge in [-0.1, -0.05) is 18.2 Å². The van der Waals surface area contributed by atoms with Gasteiger partial charge in [0.25, 0.3) is 5.91 Å². The molecule has 1 amide bonds. The van der Waals surface area contributed by atoms with Crippen molar-refractivity contribution in [3.05, 3.63) is 71.5 Å². The molecule has 2 aromatic carbocycles. The zero-order valence-electron chi connectivity index (χ0n) is 15.7. The average Bonchev–Trinajstić information content (AvgIpc) is 3.13. The standard InChI is InChI=1S/C20H18F3N3O3/c1-28-12-13-5-3-7-15(9-13)24-19(27)18-17(29-2)11-26(25-18)16-8-4-6-14(10-16)20(21,22)23/h3-11H,12H2,1-2H3,(H,24,27). The molecular formula is C20H18F3N3O3. The van der Waals surface area contributed by atoms with Crippen LogP contribution >= 0.6 is 0 Å². The van der Waals surface area contributed by atoms with Crippen molar-refractivity contribution in [3.8, 4) is 11.4 Å². The van der Waals surface area contributed by atoms with Crippen LogP contribution in [0.4, 0.5) is 18.9 Å². The highest BCUT2D eigenvalue weighted by molar-refractivity contribution is 6.04. The van der Waals surface area contributed by atoms with E-state index >= 15 is 0 Å². The lowest BCUT2D eigenvalue weighted by Crippen LogP contribution is -2.14. The Labute approximate surface area is 164 Å². The third kappa shape index (κ3) is 4.75. The van der Waals surface area contributed by atoms with Gasteiger partial charge in [-0.15, -0.1) is 0 Å². The number of hydrogen-bond donors (Lipinski definition) is 1. The molecule has 6 nitrogen and oxygen atoms in total. The molecular weight excluding hydrogens is 387 g/mol. The third-order valence-electron chi connectivity index (χ3n) is 4.05. The van der Waals surface area contributed by atoms with E-state index in [-0.39, 0.29) is 17.1 Å². The molecule has 3 aromatic rings.